The number of unbranched alkanes of at least 4 members (excludes halogenated alkanes) is 26. The molecule has 1 aliphatic heterocycles. The summed E-state index contributed by atoms with van der Waals surface area (Å²) in [5, 5.41) is 30.9. The van der Waals surface area contributed by atoms with Crippen molar-refractivity contribution < 1.29 is 56.8 Å². The van der Waals surface area contributed by atoms with Crippen molar-refractivity contribution in [3.05, 3.63) is 24.3 Å². The van der Waals surface area contributed by atoms with E-state index in [1.165, 1.54) is 128 Å². The lowest BCUT2D eigenvalue weighted by Gasteiger charge is -2.40. The van der Waals surface area contributed by atoms with Gasteiger partial charge in [-0.15, -0.1) is 0 Å². The molecule has 13 heteroatoms. The van der Waals surface area contributed by atoms with Crippen LogP contribution in [0, 0.1) is 0 Å². The molecule has 0 bridgehead atoms. The van der Waals surface area contributed by atoms with Gasteiger partial charge in [-0.3, -0.25) is 14.1 Å². The minimum atomic E-state index is -4.60. The lowest BCUT2D eigenvalue weighted by atomic mass is 10.00. The highest BCUT2D eigenvalue weighted by Crippen LogP contribution is 2.24. The van der Waals surface area contributed by atoms with Gasteiger partial charge in [0, 0.05) is 12.8 Å². The summed E-state index contributed by atoms with van der Waals surface area (Å²) in [5.41, 5.74) is 0. The molecule has 0 amide bonds. The number of aliphatic hydroxyl groups is 3. The zero-order valence-electron chi connectivity index (χ0n) is 39.0. The molecule has 4 N–H and O–H groups in total. The van der Waals surface area contributed by atoms with E-state index < -0.39 is 71.2 Å². The molecule has 0 radical (unpaired) electrons. The van der Waals surface area contributed by atoms with Gasteiger partial charge in [-0.1, -0.05) is 179 Å². The molecule has 0 spiro atoms. The Morgan fingerprint density at radius 2 is 0.952 bits per heavy atom. The van der Waals surface area contributed by atoms with Crippen LogP contribution in [-0.2, 0) is 38.7 Å². The Bertz CT molecular complexity index is 1240. The third kappa shape index (κ3) is 33.6. The fraction of sp³-hybridized carbons (Fsp3) is 0.878. The average molecular weight is 903 g/mol. The molecule has 2 unspecified atom stereocenters. The van der Waals surface area contributed by atoms with Gasteiger partial charge in [0.15, 0.2) is 12.4 Å². The highest BCUT2D eigenvalue weighted by atomic mass is 32.2. The first-order valence-electron chi connectivity index (χ1n) is 24.9. The number of hydrogen-bond acceptors (Lipinski definition) is 11. The first kappa shape index (κ1) is 58.1. The second-order valence-electron chi connectivity index (χ2n) is 17.5. The van der Waals surface area contributed by atoms with Gasteiger partial charge in [-0.2, -0.15) is 8.42 Å². The molecular formula is C49H90O12S. The second kappa shape index (κ2) is 39.5. The predicted octanol–water partition coefficient (Wildman–Crippen LogP) is 10.8. The molecule has 1 saturated heterocycles. The first-order valence-corrected chi connectivity index (χ1v) is 26.5. The van der Waals surface area contributed by atoms with Crippen LogP contribution in [0.4, 0.5) is 0 Å². The maximum atomic E-state index is 12.8. The molecule has 0 aromatic rings. The van der Waals surface area contributed by atoms with Crippen molar-refractivity contribution in [1.29, 1.82) is 0 Å². The van der Waals surface area contributed by atoms with Gasteiger partial charge in [0.25, 0.3) is 10.1 Å². The van der Waals surface area contributed by atoms with E-state index in [4.69, 9.17) is 18.9 Å². The summed E-state index contributed by atoms with van der Waals surface area (Å²) in [6.07, 6.45) is 35.4. The van der Waals surface area contributed by atoms with Gasteiger partial charge >= 0.3 is 11.9 Å². The predicted molar refractivity (Wildman–Crippen MR) is 247 cm³/mol. The van der Waals surface area contributed by atoms with Crippen LogP contribution < -0.4 is 0 Å². The molecule has 62 heavy (non-hydrogen) atoms. The van der Waals surface area contributed by atoms with E-state index in [0.29, 0.717) is 12.8 Å². The molecule has 1 heterocycles. The van der Waals surface area contributed by atoms with E-state index in [1.807, 2.05) is 0 Å². The minimum Gasteiger partial charge on any atom is -0.462 e. The Morgan fingerprint density at radius 3 is 1.44 bits per heavy atom. The third-order valence-electron chi connectivity index (χ3n) is 11.5. The molecule has 0 saturated carbocycles. The summed E-state index contributed by atoms with van der Waals surface area (Å²) in [6, 6.07) is 0. The Balaban J connectivity index is 2.33. The summed E-state index contributed by atoms with van der Waals surface area (Å²) < 4.78 is 54.0. The topological polar surface area (TPSA) is 186 Å². The molecule has 0 aromatic heterocycles. The van der Waals surface area contributed by atoms with Gasteiger partial charge in [0.05, 0.1) is 6.61 Å². The quantitative estimate of drug-likeness (QED) is 0.0197. The van der Waals surface area contributed by atoms with Crippen molar-refractivity contribution in [1.82, 2.24) is 0 Å². The molecule has 1 rings (SSSR count). The van der Waals surface area contributed by atoms with Crippen LogP contribution in [0.25, 0.3) is 0 Å². The maximum Gasteiger partial charge on any atom is 0.306 e. The van der Waals surface area contributed by atoms with Crippen molar-refractivity contribution >= 4 is 22.1 Å². The van der Waals surface area contributed by atoms with E-state index in [2.05, 4.69) is 38.2 Å². The van der Waals surface area contributed by atoms with Crippen LogP contribution >= 0.6 is 0 Å². The molecular weight excluding hydrogens is 813 g/mol. The smallest absolute Gasteiger partial charge is 0.306 e. The van der Waals surface area contributed by atoms with E-state index in [-0.39, 0.29) is 19.4 Å². The summed E-state index contributed by atoms with van der Waals surface area (Å²) in [6.45, 7) is 3.71. The van der Waals surface area contributed by atoms with Crippen LogP contribution in [0.3, 0.4) is 0 Å². The average Bonchev–Trinajstić information content (AvgIpc) is 3.24. The van der Waals surface area contributed by atoms with E-state index in [9.17, 15) is 37.9 Å². The third-order valence-corrected chi connectivity index (χ3v) is 12.3. The molecule has 0 aromatic carbocycles. The van der Waals surface area contributed by atoms with Crippen molar-refractivity contribution in [2.75, 3.05) is 19.0 Å². The van der Waals surface area contributed by atoms with Crippen LogP contribution in [0.2, 0.25) is 0 Å². The van der Waals surface area contributed by atoms with Gasteiger partial charge < -0.3 is 34.3 Å². The maximum absolute atomic E-state index is 12.8. The molecule has 1 aliphatic rings. The van der Waals surface area contributed by atoms with Gasteiger partial charge in [0.2, 0.25) is 0 Å². The Hall–Kier alpha value is -1.87. The van der Waals surface area contributed by atoms with E-state index in [1.54, 1.807) is 0 Å². The number of allylic oxidation sites excluding steroid dienone is 4. The number of aliphatic hydroxyl groups excluding tert-OH is 3. The van der Waals surface area contributed by atoms with Crippen molar-refractivity contribution in [2.45, 2.75) is 256 Å². The van der Waals surface area contributed by atoms with Gasteiger partial charge in [-0.05, 0) is 51.4 Å². The summed E-state index contributed by atoms with van der Waals surface area (Å²) in [7, 11) is -4.60. The van der Waals surface area contributed by atoms with Crippen LogP contribution in [0.5, 0.6) is 0 Å². The lowest BCUT2D eigenvalue weighted by Crippen LogP contribution is -2.60. The Morgan fingerprint density at radius 1 is 0.532 bits per heavy atom. The largest absolute Gasteiger partial charge is 0.462 e. The summed E-state index contributed by atoms with van der Waals surface area (Å²) >= 11 is 0. The normalized spacial score (nSPS) is 20.0. The summed E-state index contributed by atoms with van der Waals surface area (Å²) in [4.78, 5) is 25.4. The standard InChI is InChI=1S/C49H90O12S/c1-3-5-7-9-11-13-15-16-17-18-19-20-21-22-23-24-25-26-28-29-31-33-35-37-44(50)58-39-42(60-45(51)38-36-34-32-30-27-14-12-10-8-6-4-2)40-59-49-48(54)47(53)46(52)43(61-49)41-62(55,56)57/h10,12,29,31,42-43,46-49,52-54H,3-9,11,13-28,30,32-41H2,1-2H3,(H,55,56,57)/b12-10+,31-29+/t42-,43-,46-,47?,48?,49+/m1/s1. The molecule has 1 fully saturated rings. The minimum absolute atomic E-state index is 0.150. The first-order chi connectivity index (χ1) is 30.0. The van der Waals surface area contributed by atoms with Crippen LogP contribution in [0.15, 0.2) is 24.3 Å². The van der Waals surface area contributed by atoms with E-state index in [0.717, 1.165) is 51.4 Å². The SMILES string of the molecule is CCCC/C=C/CCCCCCCC(=O)O[C@H](COC(=O)CCC/C=C/CCCCCCCCCCCCCCCCCCCC)CO[C@H]1O[C@H](CS(=O)(=O)O)[C@@H](O)C(O)C1O. The van der Waals surface area contributed by atoms with Gasteiger partial charge in [0.1, 0.15) is 36.8 Å². The summed E-state index contributed by atoms with van der Waals surface area (Å²) in [5.74, 6) is -2.03. The number of rotatable bonds is 42. The fourth-order valence-corrected chi connectivity index (χ4v) is 8.29. The van der Waals surface area contributed by atoms with Crippen LogP contribution in [-0.4, -0.2) is 96.0 Å². The lowest BCUT2D eigenvalue weighted by molar-refractivity contribution is -0.297. The van der Waals surface area contributed by atoms with Crippen molar-refractivity contribution in [3.63, 3.8) is 0 Å². The second-order valence-corrected chi connectivity index (χ2v) is 19.0. The van der Waals surface area contributed by atoms with Crippen molar-refractivity contribution in [2.24, 2.45) is 0 Å². The monoisotopic (exact) mass is 903 g/mol. The molecule has 6 atom stereocenters. The fourth-order valence-electron chi connectivity index (χ4n) is 7.60. The van der Waals surface area contributed by atoms with Gasteiger partial charge in [-0.25, -0.2) is 0 Å². The number of carbonyl (C=O) groups is 2. The molecule has 12 nitrogen and oxygen atoms in total. The molecule has 0 aliphatic carbocycles. The zero-order valence-corrected chi connectivity index (χ0v) is 39.8. The highest BCUT2D eigenvalue weighted by molar-refractivity contribution is 7.85. The van der Waals surface area contributed by atoms with Crippen molar-refractivity contribution in [3.8, 4) is 0 Å². The Labute approximate surface area is 377 Å². The number of ether oxygens (including phenoxy) is 4. The number of carbonyl (C=O) groups excluding carboxylic acids is 2. The highest BCUT2D eigenvalue weighted by Gasteiger charge is 2.46. The van der Waals surface area contributed by atoms with E-state index >= 15 is 0 Å². The number of esters is 2. The molecule has 364 valence electrons. The Kier molecular flexibility index (Phi) is 37.0. The van der Waals surface area contributed by atoms with Crippen LogP contribution in [0.1, 0.15) is 219 Å². The number of hydrogen-bond donors (Lipinski definition) is 4. The zero-order chi connectivity index (χ0) is 45.5.